The fourth-order valence-corrected chi connectivity index (χ4v) is 4.50. The van der Waals surface area contributed by atoms with Crippen LogP contribution in [0.1, 0.15) is 40.2 Å². The third-order valence-electron chi connectivity index (χ3n) is 6.47. The highest BCUT2D eigenvalue weighted by Crippen LogP contribution is 2.29. The highest BCUT2D eigenvalue weighted by molar-refractivity contribution is 5.94. The van der Waals surface area contributed by atoms with E-state index in [1.165, 1.54) is 5.56 Å². The van der Waals surface area contributed by atoms with E-state index in [0.717, 1.165) is 48.2 Å². The Morgan fingerprint density at radius 3 is 2.27 bits per heavy atom. The highest BCUT2D eigenvalue weighted by Gasteiger charge is 2.24. The molecule has 1 aliphatic heterocycles. The number of carbonyl (C=O) groups is 2. The van der Waals surface area contributed by atoms with Crippen LogP contribution in [0.3, 0.4) is 0 Å². The molecule has 0 spiro atoms. The molecule has 2 N–H and O–H groups in total. The summed E-state index contributed by atoms with van der Waals surface area (Å²) in [7, 11) is 1.75. The Morgan fingerprint density at radius 2 is 1.61 bits per heavy atom. The maximum Gasteiger partial charge on any atom is 0.253 e. The normalized spacial score (nSPS) is 14.2. The number of rotatable bonds is 6. The molecule has 0 unspecified atom stereocenters. The zero-order valence-corrected chi connectivity index (χ0v) is 19.1. The SMILES string of the molecule is CN(Cc1cccc(-c2ccc(C(=O)N3CCC(c4ccccc4)CC3)cc2)c1)C(=O)CN. The summed E-state index contributed by atoms with van der Waals surface area (Å²) in [6, 6.07) is 26.5. The molecule has 0 radical (unpaired) electrons. The molecule has 0 bridgehead atoms. The van der Waals surface area contributed by atoms with Gasteiger partial charge in [-0.2, -0.15) is 0 Å². The number of benzene rings is 3. The van der Waals surface area contributed by atoms with Gasteiger partial charge in [0.1, 0.15) is 0 Å². The zero-order valence-electron chi connectivity index (χ0n) is 19.1. The number of likely N-dealkylation sites (N-methyl/N-ethyl adjacent to an activating group) is 1. The number of amides is 2. The monoisotopic (exact) mass is 441 g/mol. The molecule has 5 heteroatoms. The third kappa shape index (κ3) is 5.49. The lowest BCUT2D eigenvalue weighted by atomic mass is 9.89. The van der Waals surface area contributed by atoms with Crippen LogP contribution in [-0.4, -0.2) is 48.3 Å². The van der Waals surface area contributed by atoms with Gasteiger partial charge in [0, 0.05) is 32.2 Å². The van der Waals surface area contributed by atoms with Gasteiger partial charge < -0.3 is 15.5 Å². The molecule has 0 atom stereocenters. The van der Waals surface area contributed by atoms with Crippen molar-refractivity contribution in [1.82, 2.24) is 9.80 Å². The van der Waals surface area contributed by atoms with E-state index in [2.05, 4.69) is 30.3 Å². The lowest BCUT2D eigenvalue weighted by Gasteiger charge is -2.32. The van der Waals surface area contributed by atoms with Gasteiger partial charge in [0.25, 0.3) is 5.91 Å². The smallest absolute Gasteiger partial charge is 0.253 e. The molecule has 0 saturated carbocycles. The van der Waals surface area contributed by atoms with Gasteiger partial charge in [-0.3, -0.25) is 9.59 Å². The average Bonchev–Trinajstić information content (AvgIpc) is 2.88. The van der Waals surface area contributed by atoms with Gasteiger partial charge in [-0.1, -0.05) is 60.7 Å². The van der Waals surface area contributed by atoms with Crippen LogP contribution < -0.4 is 5.73 Å². The quantitative estimate of drug-likeness (QED) is 0.621. The first-order valence-corrected chi connectivity index (χ1v) is 11.5. The summed E-state index contributed by atoms with van der Waals surface area (Å²) in [5.41, 5.74) is 10.7. The van der Waals surface area contributed by atoms with Gasteiger partial charge in [-0.05, 0) is 59.2 Å². The molecule has 0 aliphatic carbocycles. The van der Waals surface area contributed by atoms with Crippen LogP contribution in [-0.2, 0) is 11.3 Å². The van der Waals surface area contributed by atoms with Crippen molar-refractivity contribution in [1.29, 1.82) is 0 Å². The largest absolute Gasteiger partial charge is 0.340 e. The topological polar surface area (TPSA) is 66.6 Å². The lowest BCUT2D eigenvalue weighted by molar-refractivity contribution is -0.128. The summed E-state index contributed by atoms with van der Waals surface area (Å²) in [5, 5.41) is 0. The summed E-state index contributed by atoms with van der Waals surface area (Å²) in [5.74, 6) is 0.545. The van der Waals surface area contributed by atoms with Crippen molar-refractivity contribution in [3.05, 3.63) is 95.6 Å². The fourth-order valence-electron chi connectivity index (χ4n) is 4.50. The fraction of sp³-hybridized carbons (Fsp3) is 0.286. The van der Waals surface area contributed by atoms with E-state index in [1.54, 1.807) is 11.9 Å². The summed E-state index contributed by atoms with van der Waals surface area (Å²) in [6.07, 6.45) is 2.00. The van der Waals surface area contributed by atoms with Gasteiger partial charge in [0.15, 0.2) is 0 Å². The van der Waals surface area contributed by atoms with Crippen molar-refractivity contribution in [2.45, 2.75) is 25.3 Å². The van der Waals surface area contributed by atoms with E-state index < -0.39 is 0 Å². The number of nitrogens with two attached hydrogens (primary N) is 1. The van der Waals surface area contributed by atoms with Crippen LogP contribution in [0.5, 0.6) is 0 Å². The second-order valence-electron chi connectivity index (χ2n) is 8.71. The molecule has 4 rings (SSSR count). The van der Waals surface area contributed by atoms with Crippen molar-refractivity contribution in [2.75, 3.05) is 26.7 Å². The van der Waals surface area contributed by atoms with Gasteiger partial charge in [-0.15, -0.1) is 0 Å². The number of hydrogen-bond acceptors (Lipinski definition) is 3. The molecule has 0 aromatic heterocycles. The van der Waals surface area contributed by atoms with Crippen LogP contribution in [0.2, 0.25) is 0 Å². The molecule has 33 heavy (non-hydrogen) atoms. The van der Waals surface area contributed by atoms with Gasteiger partial charge >= 0.3 is 0 Å². The van der Waals surface area contributed by atoms with E-state index >= 15 is 0 Å². The van der Waals surface area contributed by atoms with E-state index in [0.29, 0.717) is 12.5 Å². The Bertz CT molecular complexity index is 1090. The summed E-state index contributed by atoms with van der Waals surface area (Å²) < 4.78 is 0. The minimum atomic E-state index is -0.0870. The van der Waals surface area contributed by atoms with Crippen LogP contribution in [0.15, 0.2) is 78.9 Å². The van der Waals surface area contributed by atoms with Crippen LogP contribution >= 0.6 is 0 Å². The summed E-state index contributed by atoms with van der Waals surface area (Å²) >= 11 is 0. The predicted octanol–water partition coefficient (Wildman–Crippen LogP) is 4.29. The minimum absolute atomic E-state index is 0.00953. The molecule has 2 amide bonds. The Hall–Kier alpha value is -3.44. The summed E-state index contributed by atoms with van der Waals surface area (Å²) in [6.45, 7) is 2.10. The molecular weight excluding hydrogens is 410 g/mol. The van der Waals surface area contributed by atoms with Gasteiger partial charge in [0.2, 0.25) is 5.91 Å². The van der Waals surface area contributed by atoms with Crippen molar-refractivity contribution in [3.8, 4) is 11.1 Å². The lowest BCUT2D eigenvalue weighted by Crippen LogP contribution is -2.37. The maximum absolute atomic E-state index is 13.0. The molecule has 1 heterocycles. The average molecular weight is 442 g/mol. The van der Waals surface area contributed by atoms with Gasteiger partial charge in [0.05, 0.1) is 6.54 Å². The molecule has 3 aromatic carbocycles. The molecule has 3 aromatic rings. The number of nitrogens with zero attached hydrogens (tertiary/aromatic N) is 2. The van der Waals surface area contributed by atoms with Crippen molar-refractivity contribution in [2.24, 2.45) is 5.73 Å². The first-order chi connectivity index (χ1) is 16.0. The minimum Gasteiger partial charge on any atom is -0.340 e. The molecule has 5 nitrogen and oxygen atoms in total. The Labute approximate surface area is 195 Å². The number of likely N-dealkylation sites (tertiary alicyclic amines) is 1. The molecular formula is C28H31N3O2. The van der Waals surface area contributed by atoms with E-state index in [4.69, 9.17) is 5.73 Å². The maximum atomic E-state index is 13.0. The van der Waals surface area contributed by atoms with Crippen molar-refractivity contribution >= 4 is 11.8 Å². The van der Waals surface area contributed by atoms with Crippen molar-refractivity contribution in [3.63, 3.8) is 0 Å². The number of carbonyl (C=O) groups excluding carboxylic acids is 2. The highest BCUT2D eigenvalue weighted by atomic mass is 16.2. The first-order valence-electron chi connectivity index (χ1n) is 11.5. The second-order valence-corrected chi connectivity index (χ2v) is 8.71. The van der Waals surface area contributed by atoms with E-state index in [-0.39, 0.29) is 18.4 Å². The summed E-state index contributed by atoms with van der Waals surface area (Å²) in [4.78, 5) is 28.4. The van der Waals surface area contributed by atoms with Crippen LogP contribution in [0.4, 0.5) is 0 Å². The Kier molecular flexibility index (Phi) is 7.20. The Morgan fingerprint density at radius 1 is 0.909 bits per heavy atom. The predicted molar refractivity (Wildman–Crippen MR) is 132 cm³/mol. The molecule has 1 saturated heterocycles. The molecule has 170 valence electrons. The number of hydrogen-bond donors (Lipinski definition) is 1. The van der Waals surface area contributed by atoms with Gasteiger partial charge in [-0.25, -0.2) is 0 Å². The second kappa shape index (κ2) is 10.5. The van der Waals surface area contributed by atoms with E-state index in [9.17, 15) is 9.59 Å². The standard InChI is InChI=1S/C28H31N3O2/c1-30(27(32)19-29)20-21-6-5-9-26(18-21)23-10-12-25(13-11-23)28(33)31-16-14-24(15-17-31)22-7-3-2-4-8-22/h2-13,18,24H,14-17,19-20,29H2,1H3. The Balaban J connectivity index is 1.39. The van der Waals surface area contributed by atoms with Crippen molar-refractivity contribution < 1.29 is 9.59 Å². The molecule has 1 fully saturated rings. The zero-order chi connectivity index (χ0) is 23.2. The van der Waals surface area contributed by atoms with Crippen LogP contribution in [0, 0.1) is 0 Å². The third-order valence-corrected chi connectivity index (χ3v) is 6.47. The van der Waals surface area contributed by atoms with E-state index in [1.807, 2.05) is 53.4 Å². The van der Waals surface area contributed by atoms with Crippen LogP contribution in [0.25, 0.3) is 11.1 Å². The molecule has 1 aliphatic rings. The first kappa shape index (κ1) is 22.7. The number of piperidine rings is 1.